The van der Waals surface area contributed by atoms with Crippen LogP contribution in [0.25, 0.3) is 11.1 Å². The molecule has 2 aliphatic carbocycles. The van der Waals surface area contributed by atoms with E-state index in [0.717, 1.165) is 19.3 Å². The topological polar surface area (TPSA) is 157 Å². The first kappa shape index (κ1) is 29.8. The molecule has 2 heterocycles. The van der Waals surface area contributed by atoms with E-state index in [1.807, 2.05) is 27.7 Å². The number of piperidine rings is 1. The van der Waals surface area contributed by atoms with E-state index in [1.54, 1.807) is 23.1 Å². The first-order valence-corrected chi connectivity index (χ1v) is 15.0. The SMILES string of the molecule is CCOc1ccc2oc(N[C@H](C(=O)N3C[C@H]4[C@@H]([C@H]3C(=O)NC(CC3CCC3)C(=O)C(N)=O)C4(C)C)C(C)(C)C)nc2c1. The van der Waals surface area contributed by atoms with E-state index in [4.69, 9.17) is 14.9 Å². The van der Waals surface area contributed by atoms with Gasteiger partial charge < -0.3 is 30.4 Å². The summed E-state index contributed by atoms with van der Waals surface area (Å²) in [5, 5.41) is 6.04. The van der Waals surface area contributed by atoms with Crippen molar-refractivity contribution in [1.82, 2.24) is 15.2 Å². The predicted molar refractivity (Wildman–Crippen MR) is 156 cm³/mol. The molecule has 2 aromatic rings. The van der Waals surface area contributed by atoms with Crippen molar-refractivity contribution < 1.29 is 28.3 Å². The van der Waals surface area contributed by atoms with Gasteiger partial charge in [0.2, 0.25) is 17.6 Å². The Kier molecular flexibility index (Phi) is 7.74. The van der Waals surface area contributed by atoms with Crippen LogP contribution in [0.3, 0.4) is 0 Å². The summed E-state index contributed by atoms with van der Waals surface area (Å²) >= 11 is 0. The number of primary amides is 1. The Labute approximate surface area is 246 Å². The Morgan fingerprint density at radius 1 is 1.21 bits per heavy atom. The van der Waals surface area contributed by atoms with Gasteiger partial charge in [-0.25, -0.2) is 0 Å². The Balaban J connectivity index is 1.38. The van der Waals surface area contributed by atoms with Gasteiger partial charge in [-0.1, -0.05) is 53.9 Å². The molecule has 0 radical (unpaired) electrons. The maximum Gasteiger partial charge on any atom is 0.296 e. The smallest absolute Gasteiger partial charge is 0.296 e. The lowest BCUT2D eigenvalue weighted by molar-refractivity contribution is -0.144. The minimum atomic E-state index is -1.06. The summed E-state index contributed by atoms with van der Waals surface area (Å²) in [7, 11) is 0. The highest BCUT2D eigenvalue weighted by molar-refractivity contribution is 6.37. The number of amides is 3. The highest BCUT2D eigenvalue weighted by Gasteiger charge is 2.70. The number of anilines is 1. The number of fused-ring (bicyclic) bond motifs is 2. The normalized spacial score (nSPS) is 24.3. The maximum atomic E-state index is 14.3. The lowest BCUT2D eigenvalue weighted by Crippen LogP contribution is -2.58. The molecule has 0 spiro atoms. The number of nitrogens with two attached hydrogens (primary N) is 1. The van der Waals surface area contributed by atoms with E-state index in [0.29, 0.717) is 36.4 Å². The predicted octanol–water partition coefficient (Wildman–Crippen LogP) is 3.27. The van der Waals surface area contributed by atoms with Gasteiger partial charge in [0.25, 0.3) is 11.9 Å². The Morgan fingerprint density at radius 2 is 1.93 bits per heavy atom. The van der Waals surface area contributed by atoms with Gasteiger partial charge in [0.1, 0.15) is 23.3 Å². The van der Waals surface area contributed by atoms with Crippen molar-refractivity contribution in [1.29, 1.82) is 0 Å². The number of hydrogen-bond donors (Lipinski definition) is 3. The molecule has 2 saturated carbocycles. The van der Waals surface area contributed by atoms with Crippen LogP contribution in [0.15, 0.2) is 22.6 Å². The van der Waals surface area contributed by atoms with Crippen molar-refractivity contribution in [3.63, 3.8) is 0 Å². The molecule has 1 saturated heterocycles. The number of likely N-dealkylation sites (tertiary alicyclic amines) is 1. The minimum Gasteiger partial charge on any atom is -0.494 e. The third kappa shape index (κ3) is 5.57. The van der Waals surface area contributed by atoms with Crippen LogP contribution in [0, 0.1) is 28.6 Å². The van der Waals surface area contributed by atoms with Crippen LogP contribution in [-0.4, -0.2) is 64.7 Å². The van der Waals surface area contributed by atoms with Gasteiger partial charge in [0, 0.05) is 12.6 Å². The second-order valence-electron chi connectivity index (χ2n) is 13.7. The maximum absolute atomic E-state index is 14.3. The number of oxazole rings is 1. The van der Waals surface area contributed by atoms with Crippen molar-refractivity contribution in [2.75, 3.05) is 18.5 Å². The summed E-state index contributed by atoms with van der Waals surface area (Å²) in [4.78, 5) is 58.8. The second-order valence-corrected chi connectivity index (χ2v) is 13.7. The number of rotatable bonds is 11. The summed E-state index contributed by atoms with van der Waals surface area (Å²) in [6.45, 7) is 12.9. The number of aromatic nitrogens is 1. The van der Waals surface area contributed by atoms with Crippen LogP contribution in [0.2, 0.25) is 0 Å². The molecule has 11 nitrogen and oxygen atoms in total. The number of ether oxygens (including phenoxy) is 1. The number of carbonyl (C=O) groups excluding carboxylic acids is 4. The standard InChI is InChI=1S/C31H43N5O6/c1-7-41-17-11-12-21-19(14-17)34-29(42-21)35-25(30(2,3)4)28(40)36-15-18-22(31(18,5)6)23(36)27(39)33-20(24(37)26(32)38)13-16-9-8-10-16/h11-12,14,16,18,20,22-23,25H,7-10,13,15H2,1-6H3,(H2,32,38)(H,33,39)(H,34,35)/t18-,20?,22-,23-,25+/m0/s1. The fraction of sp³-hybridized carbons (Fsp3) is 0.645. The van der Waals surface area contributed by atoms with Crippen LogP contribution >= 0.6 is 0 Å². The minimum absolute atomic E-state index is 0.0589. The number of carbonyl (C=O) groups is 4. The second kappa shape index (κ2) is 10.9. The molecular formula is C31H43N5O6. The van der Waals surface area contributed by atoms with Crippen LogP contribution in [0.1, 0.15) is 67.2 Å². The highest BCUT2D eigenvalue weighted by Crippen LogP contribution is 2.65. The summed E-state index contributed by atoms with van der Waals surface area (Å²) < 4.78 is 11.5. The molecule has 228 valence electrons. The third-order valence-electron chi connectivity index (χ3n) is 9.48. The molecule has 3 amide bonds. The highest BCUT2D eigenvalue weighted by atomic mass is 16.5. The summed E-state index contributed by atoms with van der Waals surface area (Å²) in [6, 6.07) is 3.04. The van der Waals surface area contributed by atoms with Crippen molar-refractivity contribution in [3.05, 3.63) is 18.2 Å². The van der Waals surface area contributed by atoms with E-state index in [2.05, 4.69) is 29.5 Å². The number of ketones is 1. The van der Waals surface area contributed by atoms with Crippen LogP contribution in [0.5, 0.6) is 5.75 Å². The number of benzene rings is 1. The molecule has 3 fully saturated rings. The van der Waals surface area contributed by atoms with Crippen LogP contribution in [-0.2, 0) is 19.2 Å². The number of hydrogen-bond acceptors (Lipinski definition) is 8. The summed E-state index contributed by atoms with van der Waals surface area (Å²) in [6.07, 6.45) is 3.34. The molecule has 1 aliphatic heterocycles. The molecule has 5 rings (SSSR count). The van der Waals surface area contributed by atoms with Gasteiger partial charge in [-0.05, 0) is 54.1 Å². The number of Topliss-reactive ketones (excluding diaryl/α,β-unsaturated/α-hetero) is 1. The van der Waals surface area contributed by atoms with E-state index >= 15 is 0 Å². The largest absolute Gasteiger partial charge is 0.494 e. The molecule has 1 aromatic heterocycles. The monoisotopic (exact) mass is 581 g/mol. The van der Waals surface area contributed by atoms with Crippen LogP contribution < -0.4 is 21.1 Å². The van der Waals surface area contributed by atoms with Gasteiger partial charge in [0.05, 0.1) is 12.6 Å². The molecule has 4 N–H and O–H groups in total. The van der Waals surface area contributed by atoms with Crippen molar-refractivity contribution in [2.45, 2.75) is 85.4 Å². The van der Waals surface area contributed by atoms with Crippen molar-refractivity contribution in [3.8, 4) is 5.75 Å². The number of nitrogens with zero attached hydrogens (tertiary/aromatic N) is 2. The fourth-order valence-electron chi connectivity index (χ4n) is 6.70. The zero-order valence-corrected chi connectivity index (χ0v) is 25.4. The fourth-order valence-corrected chi connectivity index (χ4v) is 6.70. The Morgan fingerprint density at radius 3 is 2.52 bits per heavy atom. The average molecular weight is 582 g/mol. The number of nitrogens with one attached hydrogen (secondary N) is 2. The molecule has 3 aliphatic rings. The van der Waals surface area contributed by atoms with Crippen molar-refractivity contribution >= 4 is 40.6 Å². The van der Waals surface area contributed by atoms with E-state index in [9.17, 15) is 19.2 Å². The first-order valence-electron chi connectivity index (χ1n) is 15.0. The molecule has 42 heavy (non-hydrogen) atoms. The molecular weight excluding hydrogens is 538 g/mol. The van der Waals surface area contributed by atoms with E-state index in [1.165, 1.54) is 0 Å². The van der Waals surface area contributed by atoms with Gasteiger partial charge in [-0.3, -0.25) is 19.2 Å². The molecule has 1 aromatic carbocycles. The Hall–Kier alpha value is -3.63. The van der Waals surface area contributed by atoms with Gasteiger partial charge in [0.15, 0.2) is 5.58 Å². The Bertz CT molecular complexity index is 1390. The molecule has 0 bridgehead atoms. The zero-order valence-electron chi connectivity index (χ0n) is 25.4. The van der Waals surface area contributed by atoms with Crippen LogP contribution in [0.4, 0.5) is 6.01 Å². The van der Waals surface area contributed by atoms with Gasteiger partial charge in [-0.2, -0.15) is 4.98 Å². The lowest BCUT2D eigenvalue weighted by atomic mass is 9.80. The average Bonchev–Trinajstić information content (AvgIpc) is 3.24. The van der Waals surface area contributed by atoms with Crippen molar-refractivity contribution in [2.24, 2.45) is 34.3 Å². The first-order chi connectivity index (χ1) is 19.7. The van der Waals surface area contributed by atoms with E-state index < -0.39 is 41.1 Å². The van der Waals surface area contributed by atoms with Gasteiger partial charge in [-0.15, -0.1) is 0 Å². The third-order valence-corrected chi connectivity index (χ3v) is 9.48. The quantitative estimate of drug-likeness (QED) is 0.341. The van der Waals surface area contributed by atoms with E-state index in [-0.39, 0.29) is 35.1 Å². The molecule has 5 atom stereocenters. The summed E-state index contributed by atoms with van der Waals surface area (Å²) in [5.74, 6) is -1.50. The lowest BCUT2D eigenvalue weighted by Gasteiger charge is -2.38. The van der Waals surface area contributed by atoms with Gasteiger partial charge >= 0.3 is 0 Å². The molecule has 11 heteroatoms. The summed E-state index contributed by atoms with van der Waals surface area (Å²) in [5.41, 5.74) is 5.80. The molecule has 1 unspecified atom stereocenters. The zero-order chi connectivity index (χ0) is 30.6.